The summed E-state index contributed by atoms with van der Waals surface area (Å²) < 4.78 is 0. The minimum atomic E-state index is -0.0598. The van der Waals surface area contributed by atoms with Crippen molar-refractivity contribution in [2.75, 3.05) is 11.1 Å². The van der Waals surface area contributed by atoms with Crippen molar-refractivity contribution in [2.24, 2.45) is 0 Å². The molecule has 0 radical (unpaired) electrons. The second kappa shape index (κ2) is 7.46. The summed E-state index contributed by atoms with van der Waals surface area (Å²) >= 11 is 1.53. The number of hydrogen-bond acceptors (Lipinski definition) is 4. The van der Waals surface area contributed by atoms with E-state index in [2.05, 4.69) is 16.4 Å². The summed E-state index contributed by atoms with van der Waals surface area (Å²) in [6.45, 7) is 1.91. The second-order valence-corrected chi connectivity index (χ2v) is 5.50. The quantitative estimate of drug-likeness (QED) is 0.920. The van der Waals surface area contributed by atoms with Gasteiger partial charge in [-0.1, -0.05) is 18.2 Å². The number of aromatic nitrogens is 1. The van der Waals surface area contributed by atoms with E-state index in [1.807, 2.05) is 31.2 Å². The van der Waals surface area contributed by atoms with Gasteiger partial charge in [0.25, 0.3) is 0 Å². The summed E-state index contributed by atoms with van der Waals surface area (Å²) in [4.78, 5) is 16.0. The lowest BCUT2D eigenvalue weighted by atomic mass is 10.2. The Hall–Kier alpha value is -2.32. The molecule has 2 rings (SSSR count). The van der Waals surface area contributed by atoms with Crippen LogP contribution < -0.4 is 5.32 Å². The smallest absolute Gasteiger partial charge is 0.235 e. The number of anilines is 1. The number of carbonyl (C=O) groups is 1. The third kappa shape index (κ3) is 4.62. The van der Waals surface area contributed by atoms with Gasteiger partial charge in [0.05, 0.1) is 17.4 Å². The highest BCUT2D eigenvalue weighted by molar-refractivity contribution is 7.99. The van der Waals surface area contributed by atoms with Gasteiger partial charge in [0.15, 0.2) is 0 Å². The van der Waals surface area contributed by atoms with Crippen molar-refractivity contribution in [3.8, 4) is 6.07 Å². The lowest BCUT2D eigenvalue weighted by molar-refractivity contribution is -0.113. The van der Waals surface area contributed by atoms with E-state index in [1.54, 1.807) is 18.3 Å². The highest BCUT2D eigenvalue weighted by Crippen LogP contribution is 2.14. The van der Waals surface area contributed by atoms with Crippen molar-refractivity contribution < 1.29 is 4.79 Å². The fourth-order valence-corrected chi connectivity index (χ4v) is 2.51. The zero-order chi connectivity index (χ0) is 15.1. The largest absolute Gasteiger partial charge is 0.310 e. The van der Waals surface area contributed by atoms with Gasteiger partial charge in [-0.05, 0) is 36.2 Å². The number of pyridine rings is 1. The Morgan fingerprint density at radius 1 is 1.33 bits per heavy atom. The van der Waals surface area contributed by atoms with Gasteiger partial charge < -0.3 is 5.32 Å². The number of nitriles is 1. The predicted octanol–water partition coefficient (Wildman–Crippen LogP) is 3.13. The molecule has 0 fully saturated rings. The Bertz CT molecular complexity index is 662. The van der Waals surface area contributed by atoms with Crippen molar-refractivity contribution >= 4 is 23.5 Å². The van der Waals surface area contributed by atoms with Crippen LogP contribution in [0.15, 0.2) is 42.6 Å². The molecule has 0 aliphatic carbocycles. The van der Waals surface area contributed by atoms with Gasteiger partial charge in [-0.2, -0.15) is 5.26 Å². The fraction of sp³-hybridized carbons (Fsp3) is 0.188. The van der Waals surface area contributed by atoms with Crippen LogP contribution in [0.2, 0.25) is 0 Å². The molecule has 106 valence electrons. The molecule has 0 aliphatic heterocycles. The van der Waals surface area contributed by atoms with Crippen LogP contribution in [0.5, 0.6) is 0 Å². The summed E-state index contributed by atoms with van der Waals surface area (Å²) in [6.07, 6.45) is 1.66. The molecule has 1 aromatic heterocycles. The normalized spacial score (nSPS) is 9.90. The highest BCUT2D eigenvalue weighted by atomic mass is 32.2. The number of benzene rings is 1. The molecule has 5 heteroatoms. The van der Waals surface area contributed by atoms with Gasteiger partial charge in [-0.25, -0.2) is 4.98 Å². The maximum Gasteiger partial charge on any atom is 0.235 e. The van der Waals surface area contributed by atoms with Crippen LogP contribution in [0.3, 0.4) is 0 Å². The third-order valence-electron chi connectivity index (χ3n) is 2.85. The van der Waals surface area contributed by atoms with Crippen molar-refractivity contribution in [3.05, 3.63) is 59.3 Å². The molecule has 0 saturated carbocycles. The summed E-state index contributed by atoms with van der Waals surface area (Å²) in [5.74, 6) is 1.66. The molecule has 0 aliphatic rings. The number of nitrogens with one attached hydrogen (secondary N) is 1. The van der Waals surface area contributed by atoms with Crippen LogP contribution in [-0.4, -0.2) is 16.6 Å². The molecule has 0 unspecified atom stereocenters. The number of hydrogen-bond donors (Lipinski definition) is 1. The monoisotopic (exact) mass is 297 g/mol. The number of nitrogens with zero attached hydrogens (tertiary/aromatic N) is 2. The maximum atomic E-state index is 11.8. The maximum absolute atomic E-state index is 11.8. The van der Waals surface area contributed by atoms with Crippen LogP contribution in [0, 0.1) is 18.3 Å². The first kappa shape index (κ1) is 15.1. The van der Waals surface area contributed by atoms with Crippen LogP contribution in [0.1, 0.15) is 16.7 Å². The van der Waals surface area contributed by atoms with E-state index in [-0.39, 0.29) is 5.91 Å². The molecular formula is C16H15N3OS. The first-order valence-corrected chi connectivity index (χ1v) is 7.63. The first-order valence-electron chi connectivity index (χ1n) is 6.47. The summed E-state index contributed by atoms with van der Waals surface area (Å²) in [7, 11) is 0. The van der Waals surface area contributed by atoms with E-state index < -0.39 is 0 Å². The van der Waals surface area contributed by atoms with Crippen molar-refractivity contribution in [2.45, 2.75) is 12.7 Å². The molecule has 1 heterocycles. The zero-order valence-electron chi connectivity index (χ0n) is 11.7. The lowest BCUT2D eigenvalue weighted by Crippen LogP contribution is -2.15. The van der Waals surface area contributed by atoms with E-state index in [0.717, 1.165) is 16.9 Å². The van der Waals surface area contributed by atoms with Gasteiger partial charge in [0.2, 0.25) is 5.91 Å². The van der Waals surface area contributed by atoms with E-state index in [9.17, 15) is 4.79 Å². The van der Waals surface area contributed by atoms with Gasteiger partial charge in [-0.15, -0.1) is 11.8 Å². The molecule has 0 atom stereocenters. The van der Waals surface area contributed by atoms with Gasteiger partial charge in [0.1, 0.15) is 5.82 Å². The minimum absolute atomic E-state index is 0.0598. The van der Waals surface area contributed by atoms with Gasteiger partial charge in [0, 0.05) is 11.9 Å². The zero-order valence-corrected chi connectivity index (χ0v) is 12.5. The van der Waals surface area contributed by atoms with Crippen molar-refractivity contribution in [1.82, 2.24) is 4.98 Å². The average molecular weight is 297 g/mol. The SMILES string of the molecule is Cc1cccnc1NC(=O)CSCc1ccc(C#N)cc1. The molecule has 0 bridgehead atoms. The van der Waals surface area contributed by atoms with E-state index in [4.69, 9.17) is 5.26 Å². The van der Waals surface area contributed by atoms with Crippen LogP contribution >= 0.6 is 11.8 Å². The number of aryl methyl sites for hydroxylation is 1. The van der Waals surface area contributed by atoms with Crippen molar-refractivity contribution in [1.29, 1.82) is 5.26 Å². The van der Waals surface area contributed by atoms with Gasteiger partial charge >= 0.3 is 0 Å². The van der Waals surface area contributed by atoms with Crippen LogP contribution in [0.25, 0.3) is 0 Å². The number of thioether (sulfide) groups is 1. The lowest BCUT2D eigenvalue weighted by Gasteiger charge is -2.06. The number of rotatable bonds is 5. The first-order chi connectivity index (χ1) is 10.2. The minimum Gasteiger partial charge on any atom is -0.310 e. The van der Waals surface area contributed by atoms with E-state index in [1.165, 1.54) is 11.8 Å². The molecule has 1 aromatic carbocycles. The summed E-state index contributed by atoms with van der Waals surface area (Å²) in [6, 6.07) is 13.2. The summed E-state index contributed by atoms with van der Waals surface area (Å²) in [5, 5.41) is 11.5. The number of carbonyl (C=O) groups excluding carboxylic acids is 1. The third-order valence-corrected chi connectivity index (χ3v) is 3.86. The summed E-state index contributed by atoms with van der Waals surface area (Å²) in [5.41, 5.74) is 2.69. The second-order valence-electron chi connectivity index (χ2n) is 4.52. The Kier molecular flexibility index (Phi) is 5.35. The molecule has 4 nitrogen and oxygen atoms in total. The fourth-order valence-electron chi connectivity index (χ4n) is 1.72. The van der Waals surface area contributed by atoms with Crippen LogP contribution in [0.4, 0.5) is 5.82 Å². The topological polar surface area (TPSA) is 65.8 Å². The molecular weight excluding hydrogens is 282 g/mol. The molecule has 1 amide bonds. The molecule has 2 aromatic rings. The average Bonchev–Trinajstić information content (AvgIpc) is 2.50. The highest BCUT2D eigenvalue weighted by Gasteiger charge is 2.05. The predicted molar refractivity (Wildman–Crippen MR) is 84.9 cm³/mol. The van der Waals surface area contributed by atoms with Crippen LogP contribution in [-0.2, 0) is 10.5 Å². The molecule has 0 saturated heterocycles. The Balaban J connectivity index is 1.79. The molecule has 1 N–H and O–H groups in total. The Morgan fingerprint density at radius 2 is 2.10 bits per heavy atom. The van der Waals surface area contributed by atoms with E-state index in [0.29, 0.717) is 17.1 Å². The number of amides is 1. The molecule has 0 spiro atoms. The standard InChI is InChI=1S/C16H15N3OS/c1-12-3-2-8-18-16(12)19-15(20)11-21-10-14-6-4-13(9-17)5-7-14/h2-8H,10-11H2,1H3,(H,18,19,20). The van der Waals surface area contributed by atoms with Crippen molar-refractivity contribution in [3.63, 3.8) is 0 Å². The molecule has 21 heavy (non-hydrogen) atoms. The Labute approximate surface area is 128 Å². The van der Waals surface area contributed by atoms with E-state index >= 15 is 0 Å². The Morgan fingerprint density at radius 3 is 2.76 bits per heavy atom. The van der Waals surface area contributed by atoms with Gasteiger partial charge in [-0.3, -0.25) is 4.79 Å².